The summed E-state index contributed by atoms with van der Waals surface area (Å²) >= 11 is 1.94. The second-order valence-corrected chi connectivity index (χ2v) is 6.25. The Kier molecular flexibility index (Phi) is 2.87. The molecule has 0 radical (unpaired) electrons. The second kappa shape index (κ2) is 4.37. The van der Waals surface area contributed by atoms with Crippen molar-refractivity contribution in [2.24, 2.45) is 0 Å². The second-order valence-electron chi connectivity index (χ2n) is 4.96. The van der Waals surface area contributed by atoms with E-state index in [9.17, 15) is 4.79 Å². The number of carbonyl (C=O) groups is 1. The predicted molar refractivity (Wildman–Crippen MR) is 71.1 cm³/mol. The summed E-state index contributed by atoms with van der Waals surface area (Å²) in [5.41, 5.74) is 2.61. The molecular weight excluding hydrogens is 230 g/mol. The highest BCUT2D eigenvalue weighted by Gasteiger charge is 2.37. The molecule has 2 fully saturated rings. The lowest BCUT2D eigenvalue weighted by Gasteiger charge is -2.34. The van der Waals surface area contributed by atoms with Crippen LogP contribution in [-0.2, 0) is 4.79 Å². The van der Waals surface area contributed by atoms with E-state index in [1.807, 2.05) is 11.8 Å². The molecule has 0 N–H and O–H groups in total. The predicted octanol–water partition coefficient (Wildman–Crippen LogP) is 2.77. The van der Waals surface area contributed by atoms with Crippen molar-refractivity contribution in [1.29, 1.82) is 0 Å². The molecule has 0 aromatic heterocycles. The van der Waals surface area contributed by atoms with Crippen molar-refractivity contribution in [2.45, 2.75) is 31.1 Å². The highest BCUT2D eigenvalue weighted by Crippen LogP contribution is 2.39. The molecule has 0 spiro atoms. The van der Waals surface area contributed by atoms with Gasteiger partial charge in [-0.25, -0.2) is 0 Å². The van der Waals surface area contributed by atoms with Gasteiger partial charge in [0.1, 0.15) is 0 Å². The van der Waals surface area contributed by atoms with Crippen LogP contribution in [-0.4, -0.2) is 28.5 Å². The molecule has 2 atom stereocenters. The average Bonchev–Trinajstić information content (AvgIpc) is 2.78. The van der Waals surface area contributed by atoms with Crippen molar-refractivity contribution in [3.8, 4) is 0 Å². The van der Waals surface area contributed by atoms with Crippen LogP contribution in [0.1, 0.15) is 29.9 Å². The lowest BCUT2D eigenvalue weighted by Crippen LogP contribution is -2.40. The number of carbonyl (C=O) groups excluding carboxylic acids is 1. The van der Waals surface area contributed by atoms with E-state index in [0.717, 1.165) is 18.7 Å². The number of rotatable bonds is 1. The van der Waals surface area contributed by atoms with Crippen molar-refractivity contribution < 1.29 is 4.79 Å². The van der Waals surface area contributed by atoms with Gasteiger partial charge in [-0.15, -0.1) is 11.8 Å². The van der Waals surface area contributed by atoms with Crippen LogP contribution in [0.5, 0.6) is 0 Å². The molecule has 17 heavy (non-hydrogen) atoms. The van der Waals surface area contributed by atoms with Crippen LogP contribution < -0.4 is 0 Å². The Morgan fingerprint density at radius 2 is 2.06 bits per heavy atom. The highest BCUT2D eigenvalue weighted by molar-refractivity contribution is 8.00. The molecule has 1 aromatic rings. The van der Waals surface area contributed by atoms with Gasteiger partial charge in [-0.2, -0.15) is 0 Å². The fourth-order valence-electron chi connectivity index (χ4n) is 2.75. The minimum absolute atomic E-state index is 0.344. The van der Waals surface area contributed by atoms with Crippen LogP contribution >= 0.6 is 11.8 Å². The molecule has 0 bridgehead atoms. The van der Waals surface area contributed by atoms with E-state index in [-0.39, 0.29) is 0 Å². The maximum Gasteiger partial charge on any atom is 0.224 e. The number of hydrogen-bond donors (Lipinski definition) is 0. The van der Waals surface area contributed by atoms with Crippen molar-refractivity contribution in [3.63, 3.8) is 0 Å². The highest BCUT2D eigenvalue weighted by atomic mass is 32.2. The summed E-state index contributed by atoms with van der Waals surface area (Å²) in [6, 6.07) is 8.66. The number of aryl methyl sites for hydroxylation is 1. The molecule has 1 aromatic carbocycles. The Morgan fingerprint density at radius 3 is 2.82 bits per heavy atom. The third kappa shape index (κ3) is 2.08. The fourth-order valence-corrected chi connectivity index (χ4v) is 4.09. The van der Waals surface area contributed by atoms with Gasteiger partial charge < -0.3 is 4.90 Å². The van der Waals surface area contributed by atoms with E-state index < -0.39 is 0 Å². The van der Waals surface area contributed by atoms with E-state index in [0.29, 0.717) is 23.6 Å². The summed E-state index contributed by atoms with van der Waals surface area (Å²) in [5.74, 6) is 1.88. The fraction of sp³-hybridized carbons (Fsp3) is 0.500. The maximum atomic E-state index is 12.0. The van der Waals surface area contributed by atoms with Gasteiger partial charge in [-0.05, 0) is 24.8 Å². The minimum atomic E-state index is 0.344. The summed E-state index contributed by atoms with van der Waals surface area (Å²) in [6.07, 6.45) is 1.82. The van der Waals surface area contributed by atoms with Gasteiger partial charge in [-0.1, -0.05) is 29.8 Å². The molecule has 3 rings (SSSR count). The Bertz CT molecular complexity index is 428. The molecule has 90 valence electrons. The van der Waals surface area contributed by atoms with Crippen molar-refractivity contribution in [1.82, 2.24) is 4.90 Å². The summed E-state index contributed by atoms with van der Waals surface area (Å²) in [4.78, 5) is 14.1. The van der Waals surface area contributed by atoms with Gasteiger partial charge in [0.15, 0.2) is 0 Å². The number of thioether (sulfide) groups is 1. The lowest BCUT2D eigenvalue weighted by molar-refractivity contribution is -0.134. The molecule has 0 unspecified atom stereocenters. The molecule has 2 saturated heterocycles. The van der Waals surface area contributed by atoms with E-state index in [2.05, 4.69) is 36.1 Å². The van der Waals surface area contributed by atoms with E-state index in [1.54, 1.807) is 0 Å². The Labute approximate surface area is 106 Å². The zero-order valence-corrected chi connectivity index (χ0v) is 10.9. The summed E-state index contributed by atoms with van der Waals surface area (Å²) < 4.78 is 0. The lowest BCUT2D eigenvalue weighted by atomic mass is 9.88. The first kappa shape index (κ1) is 11.1. The number of fused-ring (bicyclic) bond motifs is 1. The van der Waals surface area contributed by atoms with Crippen LogP contribution in [0.4, 0.5) is 0 Å². The maximum absolute atomic E-state index is 12.0. The first-order valence-electron chi connectivity index (χ1n) is 6.21. The molecule has 2 aliphatic rings. The number of piperidine rings is 1. The number of benzene rings is 1. The van der Waals surface area contributed by atoms with E-state index in [1.165, 1.54) is 11.1 Å². The van der Waals surface area contributed by atoms with Crippen LogP contribution in [0.15, 0.2) is 24.3 Å². The summed E-state index contributed by atoms with van der Waals surface area (Å²) in [6.45, 7) is 3.05. The van der Waals surface area contributed by atoms with Gasteiger partial charge in [0, 0.05) is 18.7 Å². The minimum Gasteiger partial charge on any atom is -0.330 e. The molecule has 1 amide bonds. The standard InChI is InChI=1S/C14H17NOS/c1-10-2-4-11(5-3-10)12-8-13(16)15-6-7-17-14(15)9-12/h2-5,12,14H,6-9H2,1H3/t12-,14-/m1/s1. The van der Waals surface area contributed by atoms with Gasteiger partial charge in [-0.3, -0.25) is 4.79 Å². The molecule has 2 nitrogen and oxygen atoms in total. The first-order chi connectivity index (χ1) is 8.24. The quantitative estimate of drug-likeness (QED) is 0.760. The zero-order chi connectivity index (χ0) is 11.8. The monoisotopic (exact) mass is 247 g/mol. The molecule has 0 saturated carbocycles. The van der Waals surface area contributed by atoms with Crippen molar-refractivity contribution in [3.05, 3.63) is 35.4 Å². The first-order valence-corrected chi connectivity index (χ1v) is 7.26. The number of nitrogens with zero attached hydrogens (tertiary/aromatic N) is 1. The van der Waals surface area contributed by atoms with Gasteiger partial charge in [0.25, 0.3) is 0 Å². The van der Waals surface area contributed by atoms with Crippen molar-refractivity contribution in [2.75, 3.05) is 12.3 Å². The van der Waals surface area contributed by atoms with E-state index >= 15 is 0 Å². The van der Waals surface area contributed by atoms with Crippen LogP contribution in [0, 0.1) is 6.92 Å². The van der Waals surface area contributed by atoms with Crippen LogP contribution in [0.3, 0.4) is 0 Å². The molecule has 3 heteroatoms. The normalized spacial score (nSPS) is 28.3. The third-order valence-electron chi connectivity index (χ3n) is 3.77. The summed E-state index contributed by atoms with van der Waals surface area (Å²) in [5, 5.41) is 0.433. The van der Waals surface area contributed by atoms with Gasteiger partial charge in [0.2, 0.25) is 5.91 Å². The molecular formula is C14H17NOS. The Balaban J connectivity index is 1.81. The van der Waals surface area contributed by atoms with E-state index in [4.69, 9.17) is 0 Å². The topological polar surface area (TPSA) is 20.3 Å². The average molecular weight is 247 g/mol. The molecule has 2 heterocycles. The Hall–Kier alpha value is -0.960. The molecule has 2 aliphatic heterocycles. The smallest absolute Gasteiger partial charge is 0.224 e. The number of amides is 1. The van der Waals surface area contributed by atoms with Gasteiger partial charge >= 0.3 is 0 Å². The van der Waals surface area contributed by atoms with Crippen LogP contribution in [0.25, 0.3) is 0 Å². The third-order valence-corrected chi connectivity index (χ3v) is 5.02. The Morgan fingerprint density at radius 1 is 1.29 bits per heavy atom. The van der Waals surface area contributed by atoms with Crippen LogP contribution in [0.2, 0.25) is 0 Å². The zero-order valence-electron chi connectivity index (χ0n) is 10.1. The SMILES string of the molecule is Cc1ccc([C@@H]2CC(=O)N3CCS[C@@H]3C2)cc1. The largest absolute Gasteiger partial charge is 0.330 e. The molecule has 0 aliphatic carbocycles. The number of hydrogen-bond acceptors (Lipinski definition) is 2. The van der Waals surface area contributed by atoms with Crippen molar-refractivity contribution >= 4 is 17.7 Å². The van der Waals surface area contributed by atoms with Gasteiger partial charge in [0.05, 0.1) is 5.37 Å². The summed E-state index contributed by atoms with van der Waals surface area (Å²) in [7, 11) is 0.